The summed E-state index contributed by atoms with van der Waals surface area (Å²) in [4.78, 5) is 23.5. The van der Waals surface area contributed by atoms with Crippen molar-refractivity contribution in [3.63, 3.8) is 0 Å². The molecule has 1 aromatic heterocycles. The molecule has 1 heterocycles. The fourth-order valence-electron chi connectivity index (χ4n) is 3.09. The molecule has 28 heavy (non-hydrogen) atoms. The lowest BCUT2D eigenvalue weighted by Crippen LogP contribution is -2.01. The van der Waals surface area contributed by atoms with Crippen LogP contribution in [0.25, 0.3) is 11.8 Å². The number of rotatable bonds is 6. The predicted molar refractivity (Wildman–Crippen MR) is 109 cm³/mol. The number of nitrogens with zero attached hydrogens (tertiary/aromatic N) is 3. The summed E-state index contributed by atoms with van der Waals surface area (Å²) in [6.07, 6.45) is 3.00. The first-order valence-electron chi connectivity index (χ1n) is 8.72. The zero-order valence-corrected chi connectivity index (χ0v) is 15.8. The van der Waals surface area contributed by atoms with Crippen molar-refractivity contribution >= 4 is 23.2 Å². The maximum atomic E-state index is 12.8. The Hall–Kier alpha value is -3.74. The largest absolute Gasteiger partial charge is 0.383 e. The second-order valence-corrected chi connectivity index (χ2v) is 6.27. The van der Waals surface area contributed by atoms with Crippen LogP contribution < -0.4 is 5.32 Å². The Kier molecular flexibility index (Phi) is 5.35. The number of nitrogens with one attached hydrogen (secondary N) is 1. The van der Waals surface area contributed by atoms with E-state index < -0.39 is 4.92 Å². The Labute approximate surface area is 162 Å². The van der Waals surface area contributed by atoms with E-state index in [9.17, 15) is 14.9 Å². The fourth-order valence-corrected chi connectivity index (χ4v) is 3.09. The third-order valence-electron chi connectivity index (χ3n) is 4.45. The van der Waals surface area contributed by atoms with Crippen LogP contribution in [0.5, 0.6) is 0 Å². The maximum Gasteiger partial charge on any atom is 0.292 e. The highest BCUT2D eigenvalue weighted by Gasteiger charge is 2.18. The quantitative estimate of drug-likeness (QED) is 0.299. The van der Waals surface area contributed by atoms with E-state index in [1.54, 1.807) is 36.9 Å². The van der Waals surface area contributed by atoms with Crippen LogP contribution in [-0.4, -0.2) is 27.5 Å². The van der Waals surface area contributed by atoms with Crippen molar-refractivity contribution < 1.29 is 9.72 Å². The van der Waals surface area contributed by atoms with Crippen molar-refractivity contribution in [3.05, 3.63) is 87.2 Å². The molecule has 142 valence electrons. The first kappa shape index (κ1) is 19.0. The molecule has 3 rings (SSSR count). The second kappa shape index (κ2) is 7.87. The number of hydrogen-bond acceptors (Lipinski definition) is 5. The summed E-state index contributed by atoms with van der Waals surface area (Å²) in [6, 6.07) is 14.4. The summed E-state index contributed by atoms with van der Waals surface area (Å²) in [7, 11) is 1.62. The number of carbonyl (C=O) groups is 1. The highest BCUT2D eigenvalue weighted by molar-refractivity contribution is 6.08. The van der Waals surface area contributed by atoms with Gasteiger partial charge in [0.15, 0.2) is 5.78 Å². The summed E-state index contributed by atoms with van der Waals surface area (Å²) in [5.74, 6) is -0.197. The van der Waals surface area contributed by atoms with Gasteiger partial charge in [0.05, 0.1) is 27.6 Å². The van der Waals surface area contributed by atoms with E-state index in [4.69, 9.17) is 0 Å². The molecule has 0 unspecified atom stereocenters. The fraction of sp³-hybridized carbons (Fsp3) is 0.143. The topological polar surface area (TPSA) is 90.1 Å². The highest BCUT2D eigenvalue weighted by Crippen LogP contribution is 2.26. The minimum Gasteiger partial charge on any atom is -0.383 e. The second-order valence-electron chi connectivity index (χ2n) is 6.27. The number of benzene rings is 2. The number of aryl methyl sites for hydroxylation is 1. The van der Waals surface area contributed by atoms with Crippen LogP contribution in [0.1, 0.15) is 27.3 Å². The summed E-state index contributed by atoms with van der Waals surface area (Å²) < 4.78 is 1.74. The Balaban J connectivity index is 1.91. The molecule has 0 aliphatic rings. The minimum atomic E-state index is -0.455. The number of para-hydroxylation sites is 1. The Bertz CT molecular complexity index is 1070. The van der Waals surface area contributed by atoms with Gasteiger partial charge in [0, 0.05) is 13.1 Å². The van der Waals surface area contributed by atoms with Crippen LogP contribution in [0.2, 0.25) is 0 Å². The number of aromatic nitrogens is 2. The van der Waals surface area contributed by atoms with Gasteiger partial charge in [0.2, 0.25) is 0 Å². The minimum absolute atomic E-state index is 0.0404. The number of ketones is 1. The molecule has 0 atom stereocenters. The predicted octanol–water partition coefficient (Wildman–Crippen LogP) is 4.34. The van der Waals surface area contributed by atoms with Crippen LogP contribution in [0, 0.1) is 24.0 Å². The van der Waals surface area contributed by atoms with Gasteiger partial charge in [-0.1, -0.05) is 30.3 Å². The van der Waals surface area contributed by atoms with Crippen LogP contribution in [-0.2, 0) is 0 Å². The highest BCUT2D eigenvalue weighted by atomic mass is 16.6. The zero-order valence-electron chi connectivity index (χ0n) is 15.8. The zero-order chi connectivity index (χ0) is 20.3. The number of nitro benzene ring substituents is 1. The lowest BCUT2D eigenvalue weighted by atomic mass is 10.1. The Morgan fingerprint density at radius 2 is 1.89 bits per heavy atom. The van der Waals surface area contributed by atoms with Crippen LogP contribution in [0.3, 0.4) is 0 Å². The molecule has 0 amide bonds. The van der Waals surface area contributed by atoms with Gasteiger partial charge in [0.25, 0.3) is 5.69 Å². The van der Waals surface area contributed by atoms with Gasteiger partial charge in [-0.2, -0.15) is 5.10 Å². The van der Waals surface area contributed by atoms with E-state index in [1.807, 2.05) is 37.3 Å². The molecule has 3 aromatic rings. The van der Waals surface area contributed by atoms with Crippen molar-refractivity contribution in [1.29, 1.82) is 0 Å². The van der Waals surface area contributed by atoms with Crippen LogP contribution in [0.4, 0.5) is 11.4 Å². The molecule has 0 radical (unpaired) electrons. The smallest absolute Gasteiger partial charge is 0.292 e. The molecule has 0 spiro atoms. The molecule has 0 saturated carbocycles. The lowest BCUT2D eigenvalue weighted by Gasteiger charge is -2.04. The van der Waals surface area contributed by atoms with Crippen molar-refractivity contribution in [2.75, 3.05) is 12.4 Å². The van der Waals surface area contributed by atoms with E-state index in [0.29, 0.717) is 22.5 Å². The summed E-state index contributed by atoms with van der Waals surface area (Å²) in [6.45, 7) is 3.64. The average Bonchev–Trinajstić information content (AvgIpc) is 3.00. The van der Waals surface area contributed by atoms with Crippen LogP contribution >= 0.6 is 0 Å². The van der Waals surface area contributed by atoms with Gasteiger partial charge in [0.1, 0.15) is 5.69 Å². The number of carbonyl (C=O) groups excluding carboxylic acids is 1. The number of nitro groups is 1. The van der Waals surface area contributed by atoms with Gasteiger partial charge in [-0.05, 0) is 43.7 Å². The van der Waals surface area contributed by atoms with Gasteiger partial charge >= 0.3 is 0 Å². The standard InChI is InChI=1S/C21H20N4O3/c1-14-21(15(2)24(23-14)17-7-5-4-6-8-17)20(26)12-10-16-9-11-18(22-3)19(13-16)25(27)28/h4-13,22H,1-3H3/b12-10+. The molecule has 0 fully saturated rings. The van der Waals surface area contributed by atoms with Gasteiger partial charge in [-0.3, -0.25) is 14.9 Å². The number of hydrogen-bond donors (Lipinski definition) is 1. The van der Waals surface area contributed by atoms with Crippen molar-refractivity contribution in [3.8, 4) is 5.69 Å². The SMILES string of the molecule is CNc1ccc(/C=C/C(=O)c2c(C)nn(-c3ccccc3)c2C)cc1[N+](=O)[O-]. The molecule has 0 aliphatic heterocycles. The average molecular weight is 376 g/mol. The molecule has 7 heteroatoms. The molecule has 7 nitrogen and oxygen atoms in total. The monoisotopic (exact) mass is 376 g/mol. The molecule has 0 saturated heterocycles. The lowest BCUT2D eigenvalue weighted by molar-refractivity contribution is -0.383. The van der Waals surface area contributed by atoms with Gasteiger partial charge in [-0.15, -0.1) is 0 Å². The molecule has 1 N–H and O–H groups in total. The maximum absolute atomic E-state index is 12.8. The third-order valence-corrected chi connectivity index (χ3v) is 4.45. The first-order chi connectivity index (χ1) is 13.4. The molecular weight excluding hydrogens is 356 g/mol. The summed E-state index contributed by atoms with van der Waals surface area (Å²) >= 11 is 0. The molecule has 0 bridgehead atoms. The normalized spacial score (nSPS) is 11.0. The molecular formula is C21H20N4O3. The summed E-state index contributed by atoms with van der Waals surface area (Å²) in [5, 5.41) is 18.4. The number of anilines is 1. The van der Waals surface area contributed by atoms with Crippen molar-refractivity contribution in [2.24, 2.45) is 0 Å². The Morgan fingerprint density at radius 3 is 2.54 bits per heavy atom. The summed E-state index contributed by atoms with van der Waals surface area (Å²) in [5.41, 5.74) is 3.74. The molecule has 0 aliphatic carbocycles. The van der Waals surface area contributed by atoms with E-state index in [1.165, 1.54) is 12.1 Å². The van der Waals surface area contributed by atoms with E-state index in [0.717, 1.165) is 11.4 Å². The van der Waals surface area contributed by atoms with E-state index in [2.05, 4.69) is 10.4 Å². The third kappa shape index (κ3) is 3.68. The molecule has 2 aromatic carbocycles. The van der Waals surface area contributed by atoms with Crippen molar-refractivity contribution in [2.45, 2.75) is 13.8 Å². The van der Waals surface area contributed by atoms with Gasteiger partial charge < -0.3 is 5.32 Å². The Morgan fingerprint density at radius 1 is 1.18 bits per heavy atom. The van der Waals surface area contributed by atoms with Gasteiger partial charge in [-0.25, -0.2) is 4.68 Å². The number of allylic oxidation sites excluding steroid dienone is 1. The van der Waals surface area contributed by atoms with E-state index in [-0.39, 0.29) is 11.5 Å². The van der Waals surface area contributed by atoms with E-state index >= 15 is 0 Å². The van der Waals surface area contributed by atoms with Crippen LogP contribution in [0.15, 0.2) is 54.6 Å². The first-order valence-corrected chi connectivity index (χ1v) is 8.72. The van der Waals surface area contributed by atoms with Crippen molar-refractivity contribution in [1.82, 2.24) is 9.78 Å².